The first-order valence-corrected chi connectivity index (χ1v) is 12.9. The third kappa shape index (κ3) is 5.03. The Labute approximate surface area is 230 Å². The van der Waals surface area contributed by atoms with E-state index in [-0.39, 0.29) is 28.6 Å². The van der Waals surface area contributed by atoms with E-state index in [0.717, 1.165) is 20.8 Å². The van der Waals surface area contributed by atoms with Gasteiger partial charge in [-0.2, -0.15) is 9.78 Å². The van der Waals surface area contributed by atoms with E-state index >= 15 is 0 Å². The topological polar surface area (TPSA) is 99.6 Å². The van der Waals surface area contributed by atoms with Crippen LogP contribution < -0.4 is 10.3 Å². The molecular weight excluding hydrogens is 572 g/mol. The fraction of sp³-hybridized carbons (Fsp3) is 0.107. The first-order valence-electron chi connectivity index (χ1n) is 11.7. The summed E-state index contributed by atoms with van der Waals surface area (Å²) in [6.07, 6.45) is 1.81. The second kappa shape index (κ2) is 10.7. The number of aryl methyl sites for hydroxylation is 1. The number of benzene rings is 4. The van der Waals surface area contributed by atoms with Crippen LogP contribution in [0.15, 0.2) is 87.2 Å². The van der Waals surface area contributed by atoms with Gasteiger partial charge in [0.05, 0.1) is 27.1 Å². The smallest absolute Gasteiger partial charge is 0.313 e. The molecule has 10 heteroatoms. The second-order valence-corrected chi connectivity index (χ2v) is 9.76. The van der Waals surface area contributed by atoms with Crippen molar-refractivity contribution < 1.29 is 9.66 Å². The van der Waals surface area contributed by atoms with Crippen LogP contribution in [0.2, 0.25) is 5.02 Å². The lowest BCUT2D eigenvalue weighted by Gasteiger charge is -2.11. The zero-order valence-electron chi connectivity index (χ0n) is 20.1. The maximum absolute atomic E-state index is 13.1. The molecule has 1 heterocycles. The highest BCUT2D eigenvalue weighted by molar-refractivity contribution is 9.10. The molecule has 5 rings (SSSR count). The van der Waals surface area contributed by atoms with Crippen molar-refractivity contribution in [2.24, 2.45) is 5.10 Å². The van der Waals surface area contributed by atoms with Crippen LogP contribution in [0.25, 0.3) is 21.7 Å². The summed E-state index contributed by atoms with van der Waals surface area (Å²) in [5.41, 5.74) is 1.12. The van der Waals surface area contributed by atoms with Gasteiger partial charge in [0.15, 0.2) is 0 Å². The number of aromatic nitrogens is 2. The summed E-state index contributed by atoms with van der Waals surface area (Å²) >= 11 is 9.83. The van der Waals surface area contributed by atoms with Gasteiger partial charge < -0.3 is 4.74 Å². The molecule has 0 fully saturated rings. The summed E-state index contributed by atoms with van der Waals surface area (Å²) in [6.45, 7) is 1.96. The van der Waals surface area contributed by atoms with E-state index in [1.165, 1.54) is 23.0 Å². The molecule has 190 valence electrons. The molecule has 1 aromatic heterocycles. The van der Waals surface area contributed by atoms with Crippen molar-refractivity contribution >= 4 is 61.1 Å². The molecule has 0 saturated heterocycles. The Morgan fingerprint density at radius 2 is 1.89 bits per heavy atom. The van der Waals surface area contributed by atoms with Crippen molar-refractivity contribution in [2.45, 2.75) is 20.0 Å². The summed E-state index contributed by atoms with van der Waals surface area (Å²) in [5, 5.41) is 18.7. The summed E-state index contributed by atoms with van der Waals surface area (Å²) in [5.74, 6) is 0.419. The summed E-state index contributed by atoms with van der Waals surface area (Å²) < 4.78 is 7.80. The predicted molar refractivity (Wildman–Crippen MR) is 152 cm³/mol. The molecule has 0 amide bonds. The quantitative estimate of drug-likeness (QED) is 0.116. The highest BCUT2D eigenvalue weighted by atomic mass is 79.9. The van der Waals surface area contributed by atoms with Gasteiger partial charge in [0.2, 0.25) is 5.75 Å². The van der Waals surface area contributed by atoms with Gasteiger partial charge in [-0.25, -0.2) is 4.98 Å². The van der Waals surface area contributed by atoms with Crippen molar-refractivity contribution in [3.8, 4) is 5.75 Å². The first kappa shape index (κ1) is 25.6. The van der Waals surface area contributed by atoms with E-state index in [0.29, 0.717) is 28.7 Å². The minimum Gasteiger partial charge on any atom is -0.481 e. The molecule has 0 radical (unpaired) electrons. The molecule has 0 unspecified atom stereocenters. The van der Waals surface area contributed by atoms with Crippen molar-refractivity contribution in [3.63, 3.8) is 0 Å². The minimum absolute atomic E-state index is 0.0367. The van der Waals surface area contributed by atoms with Crippen LogP contribution in [-0.4, -0.2) is 20.8 Å². The number of nitro benzene ring substituents is 1. The number of ether oxygens (including phenoxy) is 1. The molecular formula is C28H20BrClN4O4. The van der Waals surface area contributed by atoms with Gasteiger partial charge in [0, 0.05) is 22.5 Å². The average molecular weight is 592 g/mol. The van der Waals surface area contributed by atoms with Crippen molar-refractivity contribution in [1.82, 2.24) is 9.66 Å². The average Bonchev–Trinajstić information content (AvgIpc) is 2.91. The number of nitrogens with zero attached hydrogens (tertiary/aromatic N) is 4. The number of rotatable bonds is 7. The van der Waals surface area contributed by atoms with Crippen LogP contribution in [0.3, 0.4) is 0 Å². The van der Waals surface area contributed by atoms with E-state index in [1.807, 2.05) is 55.5 Å². The van der Waals surface area contributed by atoms with Gasteiger partial charge in [-0.15, -0.1) is 0 Å². The summed E-state index contributed by atoms with van der Waals surface area (Å²) in [4.78, 5) is 29.0. The summed E-state index contributed by atoms with van der Waals surface area (Å²) in [7, 11) is 0. The Hall–Kier alpha value is -4.08. The van der Waals surface area contributed by atoms with E-state index in [2.05, 4.69) is 26.0 Å². The van der Waals surface area contributed by atoms with Gasteiger partial charge in [-0.05, 0) is 40.6 Å². The molecule has 4 aromatic carbocycles. The Morgan fingerprint density at radius 1 is 1.11 bits per heavy atom. The molecule has 0 aliphatic carbocycles. The molecule has 0 atom stereocenters. The molecule has 8 nitrogen and oxygen atoms in total. The monoisotopic (exact) mass is 590 g/mol. The van der Waals surface area contributed by atoms with E-state index in [4.69, 9.17) is 16.3 Å². The van der Waals surface area contributed by atoms with Crippen LogP contribution in [-0.2, 0) is 13.0 Å². The molecule has 0 aliphatic rings. The normalized spacial score (nSPS) is 11.4. The second-order valence-electron chi connectivity index (χ2n) is 8.44. The highest BCUT2D eigenvalue weighted by Gasteiger charge is 2.21. The van der Waals surface area contributed by atoms with E-state index in [9.17, 15) is 14.9 Å². The molecule has 0 spiro atoms. The van der Waals surface area contributed by atoms with Gasteiger partial charge in [0.25, 0.3) is 5.56 Å². The lowest BCUT2D eigenvalue weighted by molar-refractivity contribution is -0.385. The molecule has 0 saturated carbocycles. The SMILES string of the molecule is CCc1nc2ccc(Br)cc2c(=O)n1N=Cc1cc(Cl)c(OCc2cccc3ccccc23)c([N+](=O)[O-])c1. The first-order chi connectivity index (χ1) is 18.4. The third-order valence-electron chi connectivity index (χ3n) is 6.01. The van der Waals surface area contributed by atoms with Crippen molar-refractivity contribution in [3.05, 3.63) is 120 Å². The largest absolute Gasteiger partial charge is 0.481 e. The van der Waals surface area contributed by atoms with E-state index in [1.54, 1.807) is 12.1 Å². The Kier molecular flexibility index (Phi) is 7.22. The third-order valence-corrected chi connectivity index (χ3v) is 6.78. The van der Waals surface area contributed by atoms with Gasteiger partial charge in [-0.3, -0.25) is 14.9 Å². The van der Waals surface area contributed by atoms with Gasteiger partial charge in [-0.1, -0.05) is 76.9 Å². The molecule has 0 aliphatic heterocycles. The minimum atomic E-state index is -0.555. The van der Waals surface area contributed by atoms with Crippen LogP contribution >= 0.6 is 27.5 Å². The lowest BCUT2D eigenvalue weighted by Crippen LogP contribution is -2.22. The Balaban J connectivity index is 1.49. The zero-order valence-corrected chi connectivity index (χ0v) is 22.4. The summed E-state index contributed by atoms with van der Waals surface area (Å²) in [6, 6.07) is 21.7. The molecule has 0 N–H and O–H groups in total. The number of fused-ring (bicyclic) bond motifs is 2. The highest BCUT2D eigenvalue weighted by Crippen LogP contribution is 2.37. The maximum atomic E-state index is 13.1. The predicted octanol–water partition coefficient (Wildman–Crippen LogP) is 6.90. The van der Waals surface area contributed by atoms with Crippen LogP contribution in [0.1, 0.15) is 23.9 Å². The van der Waals surface area contributed by atoms with Crippen LogP contribution in [0, 0.1) is 10.1 Å². The van der Waals surface area contributed by atoms with Crippen molar-refractivity contribution in [2.75, 3.05) is 0 Å². The van der Waals surface area contributed by atoms with Crippen molar-refractivity contribution in [1.29, 1.82) is 0 Å². The molecule has 0 bridgehead atoms. The van der Waals surface area contributed by atoms with Gasteiger partial charge >= 0.3 is 5.69 Å². The van der Waals surface area contributed by atoms with Crippen LogP contribution in [0.5, 0.6) is 5.75 Å². The van der Waals surface area contributed by atoms with Crippen LogP contribution in [0.4, 0.5) is 5.69 Å². The fourth-order valence-electron chi connectivity index (χ4n) is 4.19. The fourth-order valence-corrected chi connectivity index (χ4v) is 4.83. The number of hydrogen-bond donors (Lipinski definition) is 0. The zero-order chi connectivity index (χ0) is 26.8. The van der Waals surface area contributed by atoms with E-state index < -0.39 is 4.92 Å². The number of nitro groups is 1. The molecule has 5 aromatic rings. The lowest BCUT2D eigenvalue weighted by atomic mass is 10.1. The standard InChI is InChI=1S/C28H20BrClN4O4/c1-2-26-32-24-11-10-20(29)14-22(24)28(35)33(26)31-15-17-12-23(30)27(25(13-17)34(36)37)38-16-19-8-5-7-18-6-3-4-9-21(18)19/h3-15H,2,16H2,1H3. The number of hydrogen-bond acceptors (Lipinski definition) is 6. The Bertz CT molecular complexity index is 1800. The van der Waals surface area contributed by atoms with Gasteiger partial charge in [0.1, 0.15) is 12.4 Å². The maximum Gasteiger partial charge on any atom is 0.313 e. The molecule has 38 heavy (non-hydrogen) atoms. The Morgan fingerprint density at radius 3 is 2.68 bits per heavy atom. The number of halogens is 2.